The molecule has 56 valence electrons. The van der Waals surface area contributed by atoms with Crippen LogP contribution in [0.15, 0.2) is 0 Å². The molecule has 10 heavy (non-hydrogen) atoms. The van der Waals surface area contributed by atoms with Gasteiger partial charge in [0.05, 0.1) is 0 Å². The molecule has 1 aliphatic rings. The van der Waals surface area contributed by atoms with Crippen LogP contribution in [0.2, 0.25) is 0 Å². The Bertz CT molecular complexity index is 186. The lowest BCUT2D eigenvalue weighted by Crippen LogP contribution is -2.44. The van der Waals surface area contributed by atoms with E-state index < -0.39 is 0 Å². The largest absolute Gasteiger partial charge is 0.291 e. The molecule has 0 aromatic rings. The van der Waals surface area contributed by atoms with Gasteiger partial charge in [-0.25, -0.2) is 0 Å². The fraction of sp³-hybridized carbons (Fsp3) is 0.750. The third kappa shape index (κ3) is 0.981. The van der Waals surface area contributed by atoms with Crippen LogP contribution in [-0.2, 0) is 9.59 Å². The van der Waals surface area contributed by atoms with Crippen LogP contribution in [0.25, 0.3) is 0 Å². The molecule has 1 unspecified atom stereocenters. The van der Waals surface area contributed by atoms with Crippen molar-refractivity contribution in [3.05, 3.63) is 0 Å². The molecule has 1 atom stereocenters. The van der Waals surface area contributed by atoms with Gasteiger partial charge in [-0.2, -0.15) is 0 Å². The first-order chi connectivity index (χ1) is 4.43. The summed E-state index contributed by atoms with van der Waals surface area (Å²) in [6.45, 7) is 5.96. The average molecular weight is 140 g/mol. The second-order valence-corrected chi connectivity index (χ2v) is 3.91. The summed E-state index contributed by atoms with van der Waals surface area (Å²) < 4.78 is 0. The smallest absolute Gasteiger partial charge is 0.202 e. The van der Waals surface area contributed by atoms with Crippen LogP contribution in [-0.4, -0.2) is 11.6 Å². The van der Waals surface area contributed by atoms with Gasteiger partial charge in [0.25, 0.3) is 0 Å². The summed E-state index contributed by atoms with van der Waals surface area (Å²) in [5, 5.41) is 0. The minimum Gasteiger partial charge on any atom is -0.291 e. The molecule has 0 amide bonds. The lowest BCUT2D eigenvalue weighted by Gasteiger charge is -2.34. The number of carbonyl (C=O) groups is 2. The Morgan fingerprint density at radius 1 is 1.30 bits per heavy atom. The van der Waals surface area contributed by atoms with E-state index in [4.69, 9.17) is 0 Å². The Morgan fingerprint density at radius 3 is 1.90 bits per heavy atom. The third-order valence-electron chi connectivity index (χ3n) is 2.03. The number of Topliss-reactive ketones (excluding diaryl/α,β-unsaturated/α-hetero) is 2. The number of hydrogen-bond acceptors (Lipinski definition) is 2. The van der Waals surface area contributed by atoms with Crippen LogP contribution in [0.4, 0.5) is 0 Å². The molecular formula is C8H12O2. The van der Waals surface area contributed by atoms with Crippen LogP contribution < -0.4 is 0 Å². The fourth-order valence-electron chi connectivity index (χ4n) is 1.14. The normalized spacial score (nSPS) is 26.5. The highest BCUT2D eigenvalue weighted by molar-refractivity contribution is 6.44. The van der Waals surface area contributed by atoms with Crippen molar-refractivity contribution in [1.82, 2.24) is 0 Å². The maximum atomic E-state index is 10.9. The van der Waals surface area contributed by atoms with Crippen molar-refractivity contribution in [1.29, 1.82) is 0 Å². The van der Waals surface area contributed by atoms with E-state index in [0.717, 1.165) is 0 Å². The highest BCUT2D eigenvalue weighted by Gasteiger charge is 2.44. The first-order valence-electron chi connectivity index (χ1n) is 3.50. The second-order valence-electron chi connectivity index (χ2n) is 3.91. The fourth-order valence-corrected chi connectivity index (χ4v) is 1.14. The van der Waals surface area contributed by atoms with E-state index in [2.05, 4.69) is 0 Å². The minimum atomic E-state index is -0.195. The van der Waals surface area contributed by atoms with E-state index in [1.807, 2.05) is 20.8 Å². The molecule has 1 aliphatic carbocycles. The highest BCUT2D eigenvalue weighted by Crippen LogP contribution is 2.36. The van der Waals surface area contributed by atoms with Gasteiger partial charge in [-0.3, -0.25) is 9.59 Å². The van der Waals surface area contributed by atoms with Gasteiger partial charge >= 0.3 is 0 Å². The SMILES string of the molecule is CC(C)(C)C1CC(=O)C1=O. The summed E-state index contributed by atoms with van der Waals surface area (Å²) >= 11 is 0. The number of hydrogen-bond donors (Lipinski definition) is 0. The maximum absolute atomic E-state index is 10.9. The van der Waals surface area contributed by atoms with Crippen molar-refractivity contribution in [2.45, 2.75) is 27.2 Å². The second kappa shape index (κ2) is 1.91. The molecule has 1 rings (SSSR count). The average Bonchev–Trinajstić information content (AvgIpc) is 1.79. The van der Waals surface area contributed by atoms with Crippen LogP contribution >= 0.6 is 0 Å². The summed E-state index contributed by atoms with van der Waals surface area (Å²) in [7, 11) is 0. The van der Waals surface area contributed by atoms with Gasteiger partial charge in [0, 0.05) is 12.3 Å². The van der Waals surface area contributed by atoms with E-state index in [9.17, 15) is 9.59 Å². The van der Waals surface area contributed by atoms with Crippen molar-refractivity contribution in [3.8, 4) is 0 Å². The third-order valence-corrected chi connectivity index (χ3v) is 2.03. The predicted molar refractivity (Wildman–Crippen MR) is 37.6 cm³/mol. The maximum Gasteiger partial charge on any atom is 0.202 e. The summed E-state index contributed by atoms with van der Waals surface area (Å²) in [4.78, 5) is 21.4. The van der Waals surface area contributed by atoms with Gasteiger partial charge in [-0.1, -0.05) is 20.8 Å². The molecule has 0 N–H and O–H groups in total. The first kappa shape index (κ1) is 7.45. The van der Waals surface area contributed by atoms with Crippen molar-refractivity contribution in [2.75, 3.05) is 0 Å². The quantitative estimate of drug-likeness (QED) is 0.474. The standard InChI is InChI=1S/C8H12O2/c1-8(2,3)5-4-6(9)7(5)10/h5H,4H2,1-3H3. The van der Waals surface area contributed by atoms with Crippen LogP contribution in [0, 0.1) is 11.3 Å². The van der Waals surface area contributed by atoms with Crippen molar-refractivity contribution in [3.63, 3.8) is 0 Å². The number of rotatable bonds is 0. The summed E-state index contributed by atoms with van der Waals surface area (Å²) in [5.74, 6) is -0.382. The van der Waals surface area contributed by atoms with Gasteiger partial charge in [-0.05, 0) is 5.41 Å². The van der Waals surface area contributed by atoms with Crippen molar-refractivity contribution < 1.29 is 9.59 Å². The summed E-state index contributed by atoms with van der Waals surface area (Å²) in [5.41, 5.74) is -0.0228. The molecule has 0 bridgehead atoms. The molecule has 0 aromatic heterocycles. The molecule has 0 radical (unpaired) electrons. The molecule has 1 saturated carbocycles. The highest BCUT2D eigenvalue weighted by atomic mass is 16.2. The molecule has 2 nitrogen and oxygen atoms in total. The monoisotopic (exact) mass is 140 g/mol. The molecule has 0 aliphatic heterocycles. The van der Waals surface area contributed by atoms with E-state index in [1.165, 1.54) is 0 Å². The van der Waals surface area contributed by atoms with Gasteiger partial charge in [0.15, 0.2) is 5.78 Å². The Balaban J connectivity index is 2.65. The summed E-state index contributed by atoms with van der Waals surface area (Å²) in [6.07, 6.45) is 0.461. The first-order valence-corrected chi connectivity index (χ1v) is 3.50. The van der Waals surface area contributed by atoms with Gasteiger partial charge < -0.3 is 0 Å². The number of ketones is 2. The lowest BCUT2D eigenvalue weighted by atomic mass is 9.67. The molecule has 0 heterocycles. The van der Waals surface area contributed by atoms with E-state index >= 15 is 0 Å². The molecule has 0 aromatic carbocycles. The van der Waals surface area contributed by atoms with E-state index in [-0.39, 0.29) is 22.9 Å². The van der Waals surface area contributed by atoms with Crippen molar-refractivity contribution in [2.24, 2.45) is 11.3 Å². The Morgan fingerprint density at radius 2 is 1.80 bits per heavy atom. The topological polar surface area (TPSA) is 34.1 Å². The van der Waals surface area contributed by atoms with Gasteiger partial charge in [-0.15, -0.1) is 0 Å². The Hall–Kier alpha value is -0.660. The molecule has 1 fully saturated rings. The predicted octanol–water partition coefficient (Wildman–Crippen LogP) is 1.19. The van der Waals surface area contributed by atoms with E-state index in [1.54, 1.807) is 0 Å². The van der Waals surface area contributed by atoms with Crippen LogP contribution in [0.1, 0.15) is 27.2 Å². The number of carbonyl (C=O) groups excluding carboxylic acids is 2. The van der Waals surface area contributed by atoms with E-state index in [0.29, 0.717) is 6.42 Å². The summed E-state index contributed by atoms with van der Waals surface area (Å²) in [6, 6.07) is 0. The zero-order valence-electron chi connectivity index (χ0n) is 6.60. The van der Waals surface area contributed by atoms with Gasteiger partial charge in [0.1, 0.15) is 0 Å². The Kier molecular flexibility index (Phi) is 1.42. The zero-order valence-corrected chi connectivity index (χ0v) is 6.60. The lowest BCUT2D eigenvalue weighted by molar-refractivity contribution is -0.150. The van der Waals surface area contributed by atoms with Crippen molar-refractivity contribution >= 4 is 11.6 Å². The molecular weight excluding hydrogens is 128 g/mol. The molecule has 0 saturated heterocycles. The van der Waals surface area contributed by atoms with Crippen LogP contribution in [0.3, 0.4) is 0 Å². The van der Waals surface area contributed by atoms with Gasteiger partial charge in [0.2, 0.25) is 5.78 Å². The Labute approximate surface area is 60.6 Å². The molecule has 2 heteroatoms. The minimum absolute atomic E-state index is 0.0139. The zero-order chi connectivity index (χ0) is 7.94. The molecule has 0 spiro atoms. The van der Waals surface area contributed by atoms with Crippen LogP contribution in [0.5, 0.6) is 0 Å².